The quantitative estimate of drug-likeness (QED) is 0.305. The highest BCUT2D eigenvalue weighted by Gasteiger charge is 2.27. The molecule has 0 fully saturated rings. The molecule has 0 aromatic heterocycles. The zero-order chi connectivity index (χ0) is 8.43. The minimum atomic E-state index is -0.939. The van der Waals surface area contributed by atoms with Gasteiger partial charge in [0.2, 0.25) is 5.91 Å². The Morgan fingerprint density at radius 1 is 1.55 bits per heavy atom. The van der Waals surface area contributed by atoms with Crippen molar-refractivity contribution in [2.45, 2.75) is 6.42 Å². The normalized spacial score (nSPS) is 17.3. The molecule has 0 radical (unpaired) electrons. The average Bonchev–Trinajstić information content (AvgIpc) is 1.85. The molecular weight excluding hydrogens is 152 g/mol. The van der Waals surface area contributed by atoms with Crippen LogP contribution in [0.5, 0.6) is 0 Å². The number of hydrogen-bond donors (Lipinski definition) is 1. The van der Waals surface area contributed by atoms with Crippen LogP contribution >= 0.6 is 0 Å². The topological polar surface area (TPSA) is 89.3 Å². The molecule has 0 saturated heterocycles. The number of amides is 2. The summed E-state index contributed by atoms with van der Waals surface area (Å²) in [5.74, 6) is -1.45. The van der Waals surface area contributed by atoms with Gasteiger partial charge in [-0.1, -0.05) is 0 Å². The molecule has 6 nitrogen and oxygen atoms in total. The van der Waals surface area contributed by atoms with Crippen molar-refractivity contribution in [1.82, 2.24) is 5.32 Å². The summed E-state index contributed by atoms with van der Waals surface area (Å²) in [6.07, 6.45) is 0.892. The van der Waals surface area contributed by atoms with Gasteiger partial charge in [-0.25, -0.2) is 0 Å². The van der Waals surface area contributed by atoms with E-state index < -0.39 is 22.4 Å². The number of carbonyl (C=O) groups excluding carboxylic acids is 2. The van der Waals surface area contributed by atoms with Crippen LogP contribution in [0.4, 0.5) is 0 Å². The van der Waals surface area contributed by atoms with Crippen LogP contribution in [0.25, 0.3) is 0 Å². The van der Waals surface area contributed by atoms with Crippen LogP contribution in [0.2, 0.25) is 0 Å². The Labute approximate surface area is 61.0 Å². The van der Waals surface area contributed by atoms with Crippen molar-refractivity contribution in [2.75, 3.05) is 0 Å². The van der Waals surface area contributed by atoms with E-state index in [1.165, 1.54) is 0 Å². The van der Waals surface area contributed by atoms with Crippen LogP contribution in [-0.4, -0.2) is 16.7 Å². The second-order valence-corrected chi connectivity index (χ2v) is 1.93. The fourth-order valence-corrected chi connectivity index (χ4v) is 0.681. The minimum Gasteiger partial charge on any atom is -0.287 e. The van der Waals surface area contributed by atoms with Gasteiger partial charge in [-0.2, -0.15) is 0 Å². The van der Waals surface area contributed by atoms with Crippen molar-refractivity contribution in [3.05, 3.63) is 21.9 Å². The first-order chi connectivity index (χ1) is 5.11. The lowest BCUT2D eigenvalue weighted by atomic mass is 10.2. The first-order valence-corrected chi connectivity index (χ1v) is 2.80. The van der Waals surface area contributed by atoms with Crippen molar-refractivity contribution < 1.29 is 14.5 Å². The smallest absolute Gasteiger partial charge is 0.287 e. The molecule has 0 atom stereocenters. The van der Waals surface area contributed by atoms with E-state index in [4.69, 9.17) is 0 Å². The van der Waals surface area contributed by atoms with Crippen molar-refractivity contribution in [1.29, 1.82) is 0 Å². The van der Waals surface area contributed by atoms with E-state index in [9.17, 15) is 19.7 Å². The predicted octanol–water partition coefficient (Wildman–Crippen LogP) is -0.807. The highest BCUT2D eigenvalue weighted by molar-refractivity contribution is 6.05. The molecule has 1 N–H and O–H groups in total. The standard InChI is InChI=1S/C5H4N2O4/c8-4-2-1-3(7(10)11)5(9)6-4/h1H,2H2,(H,6,8,9). The van der Waals surface area contributed by atoms with E-state index in [2.05, 4.69) is 0 Å². The maximum Gasteiger partial charge on any atom is 0.330 e. The summed E-state index contributed by atoms with van der Waals surface area (Å²) in [6.45, 7) is 0. The van der Waals surface area contributed by atoms with E-state index in [1.54, 1.807) is 0 Å². The molecule has 58 valence electrons. The third-order valence-electron chi connectivity index (χ3n) is 1.16. The Balaban J connectivity index is 2.89. The van der Waals surface area contributed by atoms with Gasteiger partial charge in [-0.05, 0) is 0 Å². The summed E-state index contributed by atoms with van der Waals surface area (Å²) < 4.78 is 0. The summed E-state index contributed by atoms with van der Waals surface area (Å²) >= 11 is 0. The van der Waals surface area contributed by atoms with Gasteiger partial charge in [-0.15, -0.1) is 0 Å². The monoisotopic (exact) mass is 156 g/mol. The molecule has 0 saturated carbocycles. The van der Waals surface area contributed by atoms with Crippen LogP contribution < -0.4 is 5.32 Å². The van der Waals surface area contributed by atoms with Gasteiger partial charge in [0.1, 0.15) is 0 Å². The molecule has 0 aliphatic carbocycles. The second kappa shape index (κ2) is 2.49. The van der Waals surface area contributed by atoms with Gasteiger partial charge >= 0.3 is 11.6 Å². The Kier molecular flexibility index (Phi) is 1.67. The van der Waals surface area contributed by atoms with E-state index in [0.29, 0.717) is 0 Å². The molecule has 1 heterocycles. The number of carbonyl (C=O) groups is 2. The zero-order valence-corrected chi connectivity index (χ0v) is 5.36. The number of hydrogen-bond acceptors (Lipinski definition) is 4. The molecule has 1 aliphatic heterocycles. The lowest BCUT2D eigenvalue weighted by Gasteiger charge is -2.04. The van der Waals surface area contributed by atoms with Crippen LogP contribution in [0.1, 0.15) is 6.42 Å². The number of imide groups is 1. The molecule has 11 heavy (non-hydrogen) atoms. The summed E-state index contributed by atoms with van der Waals surface area (Å²) in [4.78, 5) is 30.3. The molecule has 0 bridgehead atoms. The molecule has 0 unspecified atom stereocenters. The van der Waals surface area contributed by atoms with Crippen LogP contribution in [-0.2, 0) is 9.59 Å². The minimum absolute atomic E-state index is 0.109. The van der Waals surface area contributed by atoms with Gasteiger partial charge in [0.05, 0.1) is 11.3 Å². The van der Waals surface area contributed by atoms with E-state index in [-0.39, 0.29) is 6.42 Å². The molecule has 1 aliphatic rings. The number of rotatable bonds is 1. The van der Waals surface area contributed by atoms with Crippen molar-refractivity contribution in [3.63, 3.8) is 0 Å². The van der Waals surface area contributed by atoms with Gasteiger partial charge in [0, 0.05) is 6.08 Å². The maximum atomic E-state index is 10.6. The fourth-order valence-electron chi connectivity index (χ4n) is 0.681. The van der Waals surface area contributed by atoms with Crippen molar-refractivity contribution >= 4 is 11.8 Å². The molecule has 0 spiro atoms. The molecule has 6 heteroatoms. The first-order valence-electron chi connectivity index (χ1n) is 2.80. The van der Waals surface area contributed by atoms with Gasteiger partial charge in [0.25, 0.3) is 0 Å². The van der Waals surface area contributed by atoms with E-state index in [1.807, 2.05) is 5.32 Å². The number of nitrogens with one attached hydrogen (secondary N) is 1. The average molecular weight is 156 g/mol. The fraction of sp³-hybridized carbons (Fsp3) is 0.200. The molecule has 0 aromatic rings. The third-order valence-corrected chi connectivity index (χ3v) is 1.16. The predicted molar refractivity (Wildman–Crippen MR) is 32.8 cm³/mol. The lowest BCUT2D eigenvalue weighted by molar-refractivity contribution is -0.419. The van der Waals surface area contributed by atoms with Crippen LogP contribution in [0.3, 0.4) is 0 Å². The van der Waals surface area contributed by atoms with E-state index in [0.717, 1.165) is 6.08 Å². The molecule has 1 rings (SSSR count). The number of nitro groups is 1. The lowest BCUT2D eigenvalue weighted by Crippen LogP contribution is -2.36. The molecule has 2 amide bonds. The Hall–Kier alpha value is -1.72. The Morgan fingerprint density at radius 2 is 2.18 bits per heavy atom. The Morgan fingerprint density at radius 3 is 2.64 bits per heavy atom. The SMILES string of the molecule is O=C1CC=C([N+](=O)[O-])C(=O)N1. The largest absolute Gasteiger partial charge is 0.330 e. The summed E-state index contributed by atoms with van der Waals surface area (Å²) in [6, 6.07) is 0. The van der Waals surface area contributed by atoms with E-state index >= 15 is 0 Å². The summed E-state index contributed by atoms with van der Waals surface area (Å²) in [5, 5.41) is 11.9. The third kappa shape index (κ3) is 1.40. The molecule has 0 aromatic carbocycles. The second-order valence-electron chi connectivity index (χ2n) is 1.93. The van der Waals surface area contributed by atoms with Crippen molar-refractivity contribution in [3.8, 4) is 0 Å². The summed E-state index contributed by atoms with van der Waals surface area (Å²) in [7, 11) is 0. The van der Waals surface area contributed by atoms with Gasteiger partial charge < -0.3 is 0 Å². The highest BCUT2D eigenvalue weighted by atomic mass is 16.6. The van der Waals surface area contributed by atoms with Crippen molar-refractivity contribution in [2.24, 2.45) is 0 Å². The van der Waals surface area contributed by atoms with Crippen LogP contribution in [0, 0.1) is 10.1 Å². The molecular formula is C5H4N2O4. The van der Waals surface area contributed by atoms with Gasteiger partial charge in [0.15, 0.2) is 0 Å². The maximum absolute atomic E-state index is 10.6. The van der Waals surface area contributed by atoms with Gasteiger partial charge in [-0.3, -0.25) is 25.0 Å². The highest BCUT2D eigenvalue weighted by Crippen LogP contribution is 2.03. The zero-order valence-electron chi connectivity index (χ0n) is 5.36. The Bertz CT molecular complexity index is 268. The number of nitrogens with zero attached hydrogens (tertiary/aromatic N) is 1. The summed E-state index contributed by atoms with van der Waals surface area (Å²) in [5.41, 5.74) is -0.565. The first kappa shape index (κ1) is 7.39. The van der Waals surface area contributed by atoms with Crippen LogP contribution in [0.15, 0.2) is 11.8 Å².